The molecule has 0 saturated carbocycles. The van der Waals surface area contributed by atoms with Gasteiger partial charge in [-0.2, -0.15) is 0 Å². The lowest BCUT2D eigenvalue weighted by Crippen LogP contribution is -2.26. The van der Waals surface area contributed by atoms with Crippen LogP contribution in [0.25, 0.3) is 16.7 Å². The van der Waals surface area contributed by atoms with E-state index in [-0.39, 0.29) is 5.56 Å². The van der Waals surface area contributed by atoms with Crippen molar-refractivity contribution in [1.82, 2.24) is 23.6 Å². The van der Waals surface area contributed by atoms with Gasteiger partial charge in [0.05, 0.1) is 17.6 Å². The molecule has 0 saturated heterocycles. The molecule has 152 valence electrons. The smallest absolute Gasteiger partial charge is 0.263 e. The van der Waals surface area contributed by atoms with Crippen LogP contribution in [0.15, 0.2) is 66.0 Å². The molecule has 30 heavy (non-hydrogen) atoms. The molecule has 5 rings (SSSR count). The molecule has 4 aromatic rings. The fourth-order valence-electron chi connectivity index (χ4n) is 4.56. The average Bonchev–Trinajstić information content (AvgIpc) is 3.33. The summed E-state index contributed by atoms with van der Waals surface area (Å²) in [4.78, 5) is 15.3. The van der Waals surface area contributed by atoms with Crippen LogP contribution in [0, 0.1) is 4.77 Å². The first-order chi connectivity index (χ1) is 14.6. The van der Waals surface area contributed by atoms with E-state index in [9.17, 15) is 4.79 Å². The molecule has 6 nitrogen and oxygen atoms in total. The summed E-state index contributed by atoms with van der Waals surface area (Å²) in [5, 5.41) is 5.38. The first-order valence-corrected chi connectivity index (χ1v) is 10.5. The van der Waals surface area contributed by atoms with Gasteiger partial charge >= 0.3 is 0 Å². The van der Waals surface area contributed by atoms with Crippen LogP contribution in [0.4, 0.5) is 0 Å². The molecule has 1 aliphatic rings. The number of para-hydroxylation sites is 1. The quantitative estimate of drug-likeness (QED) is 0.365. The highest BCUT2D eigenvalue weighted by molar-refractivity contribution is 7.71. The van der Waals surface area contributed by atoms with Crippen LogP contribution in [-0.2, 0) is 19.6 Å². The second-order valence-electron chi connectivity index (χ2n) is 7.79. The number of hydrogen-bond donors (Lipinski definition) is 0. The minimum absolute atomic E-state index is 0.0803. The maximum Gasteiger partial charge on any atom is 0.263 e. The van der Waals surface area contributed by atoms with Crippen LogP contribution >= 0.6 is 12.2 Å². The molecule has 1 aliphatic carbocycles. The third-order valence-corrected chi connectivity index (χ3v) is 6.38. The normalized spacial score (nSPS) is 15.9. The molecular weight excluding hydrogens is 394 g/mol. The Bertz CT molecular complexity index is 1400. The highest BCUT2D eigenvalue weighted by Gasteiger charge is 2.26. The van der Waals surface area contributed by atoms with E-state index in [0.717, 1.165) is 18.4 Å². The van der Waals surface area contributed by atoms with Crippen molar-refractivity contribution in [3.05, 3.63) is 87.4 Å². The summed E-state index contributed by atoms with van der Waals surface area (Å²) in [6, 6.07) is 16.5. The first kappa shape index (κ1) is 19.0. The number of allylic oxidation sites excluding steroid dienone is 1. The topological polar surface area (TPSA) is 47.5 Å². The minimum atomic E-state index is -0.0803. The largest absolute Gasteiger partial charge is 0.280 e. The summed E-state index contributed by atoms with van der Waals surface area (Å²) in [5.41, 5.74) is 3.49. The predicted molar refractivity (Wildman–Crippen MR) is 121 cm³/mol. The molecule has 0 spiro atoms. The van der Waals surface area contributed by atoms with E-state index in [1.807, 2.05) is 33.3 Å². The summed E-state index contributed by atoms with van der Waals surface area (Å²) in [5.74, 6) is 0.545. The van der Waals surface area contributed by atoms with Gasteiger partial charge in [-0.3, -0.25) is 18.7 Å². The lowest BCUT2D eigenvalue weighted by Gasteiger charge is -2.24. The molecule has 1 unspecified atom stereocenters. The Morgan fingerprint density at radius 2 is 2.00 bits per heavy atom. The van der Waals surface area contributed by atoms with Gasteiger partial charge in [-0.1, -0.05) is 42.5 Å². The van der Waals surface area contributed by atoms with Crippen molar-refractivity contribution in [1.29, 1.82) is 0 Å². The Kier molecular flexibility index (Phi) is 4.64. The summed E-state index contributed by atoms with van der Waals surface area (Å²) >= 11 is 5.81. The second kappa shape index (κ2) is 7.34. The molecule has 0 fully saturated rings. The summed E-state index contributed by atoms with van der Waals surface area (Å²) < 4.78 is 5.92. The molecule has 2 aromatic heterocycles. The number of benzene rings is 2. The van der Waals surface area contributed by atoms with Gasteiger partial charge < -0.3 is 0 Å². The van der Waals surface area contributed by atoms with Gasteiger partial charge in [-0.05, 0) is 55.4 Å². The van der Waals surface area contributed by atoms with E-state index in [0.29, 0.717) is 35.2 Å². The van der Waals surface area contributed by atoms with Crippen molar-refractivity contribution >= 4 is 28.9 Å². The average molecular weight is 418 g/mol. The molecular formula is C23H23N5OS. The van der Waals surface area contributed by atoms with Crippen molar-refractivity contribution in [3.63, 3.8) is 0 Å². The predicted octanol–water partition coefficient (Wildman–Crippen LogP) is 3.94. The molecule has 0 aliphatic heterocycles. The van der Waals surface area contributed by atoms with Gasteiger partial charge in [0.15, 0.2) is 0 Å². The maximum absolute atomic E-state index is 13.0. The van der Waals surface area contributed by atoms with Gasteiger partial charge in [0.1, 0.15) is 0 Å². The standard InChI is InChI=1S/C23H23N5OS/c1-3-14-26-21(29)18-10-6-7-11-20(18)28-22(26)24-27(23(28)30)15-25(2)19-13-12-16-8-4-5-9-17(16)19/h3-11,19H,1,12-15H2,2H3. The van der Waals surface area contributed by atoms with Gasteiger partial charge in [-0.25, -0.2) is 4.68 Å². The van der Waals surface area contributed by atoms with Crippen LogP contribution in [0.5, 0.6) is 0 Å². The van der Waals surface area contributed by atoms with Crippen LogP contribution in [0.2, 0.25) is 0 Å². The number of hydrogen-bond acceptors (Lipinski definition) is 4. The lowest BCUT2D eigenvalue weighted by molar-refractivity contribution is 0.182. The molecule has 2 aromatic carbocycles. The third kappa shape index (κ3) is 2.85. The third-order valence-electron chi connectivity index (χ3n) is 5.99. The zero-order chi connectivity index (χ0) is 20.8. The lowest BCUT2D eigenvalue weighted by atomic mass is 10.1. The highest BCUT2D eigenvalue weighted by atomic mass is 32.1. The van der Waals surface area contributed by atoms with Crippen molar-refractivity contribution in [3.8, 4) is 0 Å². The van der Waals surface area contributed by atoms with Crippen molar-refractivity contribution < 1.29 is 0 Å². The van der Waals surface area contributed by atoms with Crippen LogP contribution < -0.4 is 5.56 Å². The van der Waals surface area contributed by atoms with E-state index < -0.39 is 0 Å². The Morgan fingerprint density at radius 3 is 2.83 bits per heavy atom. The Balaban J connectivity index is 1.63. The SMILES string of the molecule is C=CCn1c(=O)c2ccccc2n2c(=S)n(CN(C)C3CCc4ccccc43)nc12. The minimum Gasteiger partial charge on any atom is -0.280 e. The van der Waals surface area contributed by atoms with E-state index in [4.69, 9.17) is 17.3 Å². The number of aryl methyl sites for hydroxylation is 1. The van der Waals surface area contributed by atoms with Crippen LogP contribution in [0.3, 0.4) is 0 Å². The monoisotopic (exact) mass is 417 g/mol. The van der Waals surface area contributed by atoms with Crippen molar-refractivity contribution in [2.75, 3.05) is 7.05 Å². The number of fused-ring (bicyclic) bond motifs is 4. The van der Waals surface area contributed by atoms with Crippen molar-refractivity contribution in [2.45, 2.75) is 32.1 Å². The number of aromatic nitrogens is 4. The van der Waals surface area contributed by atoms with Crippen molar-refractivity contribution in [2.24, 2.45) is 0 Å². The van der Waals surface area contributed by atoms with Gasteiger partial charge in [0.25, 0.3) is 5.56 Å². The second-order valence-corrected chi connectivity index (χ2v) is 8.16. The number of nitrogens with zero attached hydrogens (tertiary/aromatic N) is 5. The zero-order valence-electron chi connectivity index (χ0n) is 16.9. The maximum atomic E-state index is 13.0. The van der Waals surface area contributed by atoms with E-state index >= 15 is 0 Å². The molecule has 1 atom stereocenters. The Morgan fingerprint density at radius 1 is 1.23 bits per heavy atom. The van der Waals surface area contributed by atoms with E-state index in [1.165, 1.54) is 11.1 Å². The van der Waals surface area contributed by atoms with E-state index in [2.05, 4.69) is 42.8 Å². The Hall–Kier alpha value is -3.03. The molecule has 0 amide bonds. The van der Waals surface area contributed by atoms with E-state index in [1.54, 1.807) is 10.6 Å². The summed E-state index contributed by atoms with van der Waals surface area (Å²) in [7, 11) is 2.10. The fourth-order valence-corrected chi connectivity index (χ4v) is 4.83. The number of rotatable bonds is 5. The molecule has 0 radical (unpaired) electrons. The Labute approximate surface area is 179 Å². The fraction of sp³-hybridized carbons (Fsp3) is 0.261. The zero-order valence-corrected chi connectivity index (χ0v) is 17.7. The molecule has 0 N–H and O–H groups in total. The van der Waals surface area contributed by atoms with Gasteiger partial charge in [-0.15, -0.1) is 11.7 Å². The molecule has 7 heteroatoms. The molecule has 0 bridgehead atoms. The van der Waals surface area contributed by atoms with Crippen LogP contribution in [0.1, 0.15) is 23.6 Å². The first-order valence-electron chi connectivity index (χ1n) is 10.1. The van der Waals surface area contributed by atoms with Gasteiger partial charge in [0.2, 0.25) is 10.5 Å². The van der Waals surface area contributed by atoms with Gasteiger partial charge in [0, 0.05) is 12.6 Å². The summed E-state index contributed by atoms with van der Waals surface area (Å²) in [6.45, 7) is 4.73. The molecule has 2 heterocycles. The summed E-state index contributed by atoms with van der Waals surface area (Å²) in [6.07, 6.45) is 3.88. The van der Waals surface area contributed by atoms with Crippen LogP contribution in [-0.4, -0.2) is 30.7 Å². The highest BCUT2D eigenvalue weighted by Crippen LogP contribution is 2.35.